The van der Waals surface area contributed by atoms with Crippen molar-refractivity contribution in [2.24, 2.45) is 5.92 Å². The van der Waals surface area contributed by atoms with Gasteiger partial charge in [0.05, 0.1) is 25.7 Å². The number of benzene rings is 2. The topological polar surface area (TPSA) is 174 Å². The molecule has 3 aromatic rings. The molecular formula is C30H32N6O8. The zero-order valence-corrected chi connectivity index (χ0v) is 24.0. The predicted octanol–water partition coefficient (Wildman–Crippen LogP) is 0.994. The van der Waals surface area contributed by atoms with Gasteiger partial charge in [-0.2, -0.15) is 0 Å². The lowest BCUT2D eigenvalue weighted by molar-refractivity contribution is -0.129. The largest absolute Gasteiger partial charge is 0.493 e. The van der Waals surface area contributed by atoms with Crippen LogP contribution < -0.4 is 30.2 Å². The second-order valence-corrected chi connectivity index (χ2v) is 11.1. The molecule has 0 unspecified atom stereocenters. The number of nitrogens with one attached hydrogen (secondary N) is 3. The summed E-state index contributed by atoms with van der Waals surface area (Å²) in [7, 11) is 0. The van der Waals surface area contributed by atoms with E-state index in [4.69, 9.17) is 14.2 Å². The molecule has 14 nitrogen and oxygen atoms in total. The number of ether oxygens (including phenoxy) is 3. The van der Waals surface area contributed by atoms with Gasteiger partial charge in [0.15, 0.2) is 12.3 Å². The second kappa shape index (κ2) is 12.6. The molecule has 1 saturated heterocycles. The molecule has 14 heteroatoms. The summed E-state index contributed by atoms with van der Waals surface area (Å²) in [4.78, 5) is 53.1. The third-order valence-electron chi connectivity index (χ3n) is 7.60. The second-order valence-electron chi connectivity index (χ2n) is 11.1. The van der Waals surface area contributed by atoms with Gasteiger partial charge >= 0.3 is 0 Å². The molecular weight excluding hydrogens is 572 g/mol. The fourth-order valence-electron chi connectivity index (χ4n) is 4.91. The minimum absolute atomic E-state index is 0.0000589. The molecule has 1 aliphatic carbocycles. The number of hydrogen-bond donors (Lipinski definition) is 3. The van der Waals surface area contributed by atoms with E-state index in [9.17, 15) is 19.2 Å². The zero-order chi connectivity index (χ0) is 30.6. The highest BCUT2D eigenvalue weighted by Gasteiger charge is 2.38. The van der Waals surface area contributed by atoms with Crippen LogP contribution in [0.15, 0.2) is 47.1 Å². The number of rotatable bonds is 6. The van der Waals surface area contributed by atoms with Gasteiger partial charge in [0.25, 0.3) is 17.7 Å². The zero-order valence-electron chi connectivity index (χ0n) is 24.0. The first-order chi connectivity index (χ1) is 21.3. The summed E-state index contributed by atoms with van der Waals surface area (Å²) in [6, 6.07) is 11.4. The number of fused-ring (bicyclic) bond motifs is 7. The molecule has 1 aromatic heterocycles. The van der Waals surface area contributed by atoms with Crippen LogP contribution in [-0.4, -0.2) is 83.8 Å². The lowest BCUT2D eigenvalue weighted by Gasteiger charge is -2.21. The molecule has 2 atom stereocenters. The summed E-state index contributed by atoms with van der Waals surface area (Å²) in [6.45, 7) is 2.18. The van der Waals surface area contributed by atoms with Crippen LogP contribution in [0.2, 0.25) is 0 Å². The average molecular weight is 605 g/mol. The van der Waals surface area contributed by atoms with Gasteiger partial charge in [-0.3, -0.25) is 19.2 Å². The third-order valence-corrected chi connectivity index (χ3v) is 7.60. The molecule has 2 aromatic carbocycles. The van der Waals surface area contributed by atoms with Gasteiger partial charge in [0, 0.05) is 24.7 Å². The molecule has 44 heavy (non-hydrogen) atoms. The summed E-state index contributed by atoms with van der Waals surface area (Å²) in [5, 5.41) is 15.5. The number of nitrogens with zero attached hydrogens (tertiary/aromatic N) is 3. The maximum Gasteiger partial charge on any atom is 0.275 e. The van der Waals surface area contributed by atoms with E-state index in [-0.39, 0.29) is 49.3 Å². The van der Waals surface area contributed by atoms with E-state index in [0.29, 0.717) is 42.0 Å². The van der Waals surface area contributed by atoms with Gasteiger partial charge in [-0.1, -0.05) is 17.3 Å². The van der Waals surface area contributed by atoms with Gasteiger partial charge < -0.3 is 35.1 Å². The van der Waals surface area contributed by atoms with Crippen LogP contribution >= 0.6 is 0 Å². The molecule has 7 rings (SSSR count). The predicted molar refractivity (Wildman–Crippen MR) is 152 cm³/mol. The van der Waals surface area contributed by atoms with Gasteiger partial charge in [-0.15, -0.1) is 0 Å². The summed E-state index contributed by atoms with van der Waals surface area (Å²) in [6.07, 6.45) is 1.61. The summed E-state index contributed by atoms with van der Waals surface area (Å²) in [5.74, 6) is 0.116. The summed E-state index contributed by atoms with van der Waals surface area (Å²) in [5.41, 5.74) is 1.44. The van der Waals surface area contributed by atoms with Crippen LogP contribution in [0.25, 0.3) is 0 Å². The van der Waals surface area contributed by atoms with Crippen molar-refractivity contribution in [3.8, 4) is 17.2 Å². The Hall–Kier alpha value is -5.14. The van der Waals surface area contributed by atoms with Crippen molar-refractivity contribution in [2.45, 2.75) is 38.5 Å². The maximum absolute atomic E-state index is 13.6. The SMILES string of the molecule is Cc1nonc1C(=O)NCC(=O)N1C[C@@H]2NC(=O)c3cc(cc(OCC4CC4)c3)OCC(=O)NCc3ccc(cc3)O[C@H]2C1. The van der Waals surface area contributed by atoms with Crippen LogP contribution in [0.1, 0.15) is 44.9 Å². The van der Waals surface area contributed by atoms with Crippen molar-refractivity contribution < 1.29 is 38.0 Å². The van der Waals surface area contributed by atoms with E-state index in [1.807, 2.05) is 12.1 Å². The van der Waals surface area contributed by atoms with Crippen molar-refractivity contribution >= 4 is 23.6 Å². The molecule has 3 aliphatic heterocycles. The van der Waals surface area contributed by atoms with Gasteiger partial charge in [-0.05, 0) is 60.7 Å². The normalized spacial score (nSPS) is 20.0. The Morgan fingerprint density at radius 2 is 1.89 bits per heavy atom. The lowest BCUT2D eigenvalue weighted by Crippen LogP contribution is -2.45. The number of amides is 4. The Bertz CT molecular complexity index is 1550. The van der Waals surface area contributed by atoms with Crippen LogP contribution in [-0.2, 0) is 16.1 Å². The van der Waals surface area contributed by atoms with Crippen LogP contribution in [0.4, 0.5) is 0 Å². The number of aromatic nitrogens is 2. The maximum atomic E-state index is 13.6. The van der Waals surface area contributed by atoms with Crippen molar-refractivity contribution in [2.75, 3.05) is 32.8 Å². The van der Waals surface area contributed by atoms with Crippen molar-refractivity contribution in [3.05, 3.63) is 65.0 Å². The van der Waals surface area contributed by atoms with Crippen molar-refractivity contribution in [3.63, 3.8) is 0 Å². The van der Waals surface area contributed by atoms with E-state index in [0.717, 1.165) is 18.4 Å². The fraction of sp³-hybridized carbons (Fsp3) is 0.400. The number of aryl methyl sites for hydroxylation is 1. The number of carbonyl (C=O) groups is 4. The molecule has 4 heterocycles. The first-order valence-corrected chi connectivity index (χ1v) is 14.4. The van der Waals surface area contributed by atoms with E-state index < -0.39 is 24.0 Å². The Labute approximate surface area is 252 Å². The molecule has 230 valence electrons. The first kappa shape index (κ1) is 29.0. The highest BCUT2D eigenvalue weighted by molar-refractivity contribution is 5.96. The Balaban J connectivity index is 1.21. The molecule has 0 spiro atoms. The Morgan fingerprint density at radius 3 is 2.64 bits per heavy atom. The molecule has 1 saturated carbocycles. The van der Waals surface area contributed by atoms with Gasteiger partial charge in [-0.25, -0.2) is 4.63 Å². The third kappa shape index (κ3) is 7.07. The Kier molecular flexibility index (Phi) is 8.30. The molecule has 2 fully saturated rings. The van der Waals surface area contributed by atoms with Crippen LogP contribution in [0, 0.1) is 12.8 Å². The summed E-state index contributed by atoms with van der Waals surface area (Å²) >= 11 is 0. The van der Waals surface area contributed by atoms with Crippen LogP contribution in [0.3, 0.4) is 0 Å². The lowest BCUT2D eigenvalue weighted by atomic mass is 10.1. The average Bonchev–Trinajstić information content (AvgIpc) is 3.63. The van der Waals surface area contributed by atoms with Crippen LogP contribution in [0.5, 0.6) is 17.2 Å². The fourth-order valence-corrected chi connectivity index (χ4v) is 4.91. The minimum atomic E-state index is -0.591. The molecule has 0 radical (unpaired) electrons. The van der Waals surface area contributed by atoms with Crippen molar-refractivity contribution in [1.29, 1.82) is 0 Å². The highest BCUT2D eigenvalue weighted by atomic mass is 16.6. The standard InChI is InChI=1S/C30H32N6O8/c1-17-28(35-44-34-17)30(40)32-12-27(38)36-13-24-25(14-36)43-21-6-4-18(5-7-21)11-31-26(37)16-42-23-9-20(29(39)33-24)8-22(10-23)41-15-19-2-3-19/h4-10,19,24-25H,2-3,11-16H2,1H3,(H,31,37)(H,32,40)(H,33,39)/t24-,25-/m0/s1. The van der Waals surface area contributed by atoms with E-state index in [2.05, 4.69) is 30.9 Å². The van der Waals surface area contributed by atoms with Crippen molar-refractivity contribution in [1.82, 2.24) is 31.2 Å². The van der Waals surface area contributed by atoms with E-state index in [1.54, 1.807) is 37.3 Å². The first-order valence-electron chi connectivity index (χ1n) is 14.4. The molecule has 4 aliphatic rings. The highest BCUT2D eigenvalue weighted by Crippen LogP contribution is 2.31. The molecule has 3 N–H and O–H groups in total. The molecule has 4 bridgehead atoms. The monoisotopic (exact) mass is 604 g/mol. The quantitative estimate of drug-likeness (QED) is 0.368. The number of likely N-dealkylation sites (tertiary alicyclic amines) is 1. The number of carbonyl (C=O) groups excluding carboxylic acids is 4. The Morgan fingerprint density at radius 1 is 1.07 bits per heavy atom. The minimum Gasteiger partial charge on any atom is -0.493 e. The number of hydrogen-bond acceptors (Lipinski definition) is 10. The van der Waals surface area contributed by atoms with E-state index >= 15 is 0 Å². The van der Waals surface area contributed by atoms with Gasteiger partial charge in [0.1, 0.15) is 29.0 Å². The van der Waals surface area contributed by atoms with Gasteiger partial charge in [0.2, 0.25) is 5.91 Å². The van der Waals surface area contributed by atoms with E-state index in [1.165, 1.54) is 4.90 Å². The summed E-state index contributed by atoms with van der Waals surface area (Å²) < 4.78 is 22.5. The smallest absolute Gasteiger partial charge is 0.275 e. The molecule has 4 amide bonds.